The predicted molar refractivity (Wildman–Crippen MR) is 133 cm³/mol. The van der Waals surface area contributed by atoms with Crippen LogP contribution in [0.4, 0.5) is 15.3 Å². The van der Waals surface area contributed by atoms with E-state index in [4.69, 9.17) is 4.74 Å². The minimum absolute atomic E-state index is 0.0506. The molecule has 7 nitrogen and oxygen atoms in total. The summed E-state index contributed by atoms with van der Waals surface area (Å²) in [5.41, 5.74) is 2.47. The quantitative estimate of drug-likeness (QED) is 0.626. The molecule has 0 saturated carbocycles. The molecule has 2 atom stereocenters. The molecule has 34 heavy (non-hydrogen) atoms. The molecule has 1 aromatic carbocycles. The molecule has 1 spiro atoms. The average Bonchev–Trinajstić information content (AvgIpc) is 3.30. The van der Waals surface area contributed by atoms with Gasteiger partial charge in [-0.15, -0.1) is 0 Å². The van der Waals surface area contributed by atoms with Crippen LogP contribution < -0.4 is 4.90 Å². The molecule has 5 rings (SSSR count). The lowest BCUT2D eigenvalue weighted by Crippen LogP contribution is -2.55. The third kappa shape index (κ3) is 3.98. The van der Waals surface area contributed by atoms with Crippen molar-refractivity contribution >= 4 is 17.8 Å². The highest BCUT2D eigenvalue weighted by molar-refractivity contribution is 5.95. The van der Waals surface area contributed by atoms with Gasteiger partial charge in [0.15, 0.2) is 0 Å². The fourth-order valence-corrected chi connectivity index (χ4v) is 6.82. The van der Waals surface area contributed by atoms with Gasteiger partial charge in [-0.1, -0.05) is 30.4 Å². The second kappa shape index (κ2) is 9.25. The number of nitrogens with zero attached hydrogens (tertiary/aromatic N) is 4. The van der Waals surface area contributed by atoms with E-state index in [9.17, 15) is 9.59 Å². The number of ether oxygens (including phenoxy) is 1. The Hall–Kier alpha value is -2.54. The largest absolute Gasteiger partial charge is 0.445 e. The molecule has 0 aliphatic carbocycles. The third-order valence-electron chi connectivity index (χ3n) is 8.57. The Morgan fingerprint density at radius 2 is 1.76 bits per heavy atom. The molecule has 0 radical (unpaired) electrons. The molecule has 4 heterocycles. The van der Waals surface area contributed by atoms with Crippen LogP contribution in [0.1, 0.15) is 51.0 Å². The van der Waals surface area contributed by atoms with Crippen LogP contribution in [0.5, 0.6) is 0 Å². The minimum Gasteiger partial charge on any atom is -0.445 e. The number of urea groups is 1. The number of likely N-dealkylation sites (tertiary alicyclic amines) is 1. The van der Waals surface area contributed by atoms with Crippen molar-refractivity contribution in [1.82, 2.24) is 14.7 Å². The van der Waals surface area contributed by atoms with Gasteiger partial charge in [0.2, 0.25) is 0 Å². The SMILES string of the molecule is C/C=C\COC(=O)N1C2CCC1CC(N1CCC3(CC1)CN(C(=O)N(C)C)c1ccccc13)C2. The summed E-state index contributed by atoms with van der Waals surface area (Å²) < 4.78 is 5.48. The zero-order chi connectivity index (χ0) is 23.9. The highest BCUT2D eigenvalue weighted by Gasteiger charge is 2.50. The number of hydrogen-bond donors (Lipinski definition) is 0. The Kier molecular flexibility index (Phi) is 6.32. The first-order valence-electron chi connectivity index (χ1n) is 12.8. The molecule has 0 N–H and O–H groups in total. The van der Waals surface area contributed by atoms with Gasteiger partial charge in [0, 0.05) is 49.9 Å². The number of hydrogen-bond acceptors (Lipinski definition) is 4. The standard InChI is InChI=1S/C27H38N4O3/c1-4-5-16-34-26(33)31-20-10-11-21(31)18-22(17-20)29-14-12-27(13-15-29)19-30(25(32)28(2)3)24-9-7-6-8-23(24)27/h4-9,20-22H,10-19H2,1-3H3/b5-4-. The Morgan fingerprint density at radius 1 is 1.09 bits per heavy atom. The number of anilines is 1. The van der Waals surface area contributed by atoms with Gasteiger partial charge in [-0.2, -0.15) is 0 Å². The smallest absolute Gasteiger partial charge is 0.410 e. The van der Waals surface area contributed by atoms with E-state index in [-0.39, 0.29) is 17.5 Å². The highest BCUT2D eigenvalue weighted by atomic mass is 16.6. The molecule has 7 heteroatoms. The summed E-state index contributed by atoms with van der Waals surface area (Å²) in [4.78, 5) is 33.9. The lowest BCUT2D eigenvalue weighted by atomic mass is 9.73. The normalized spacial score (nSPS) is 27.9. The summed E-state index contributed by atoms with van der Waals surface area (Å²) in [6.45, 7) is 5.17. The van der Waals surface area contributed by atoms with Crippen molar-refractivity contribution < 1.29 is 14.3 Å². The van der Waals surface area contributed by atoms with Crippen LogP contribution >= 0.6 is 0 Å². The summed E-state index contributed by atoms with van der Waals surface area (Å²) in [7, 11) is 3.66. The lowest BCUT2D eigenvalue weighted by Gasteiger charge is -2.47. The van der Waals surface area contributed by atoms with Crippen molar-refractivity contribution in [2.24, 2.45) is 0 Å². The van der Waals surface area contributed by atoms with Gasteiger partial charge in [-0.05, 0) is 70.2 Å². The van der Waals surface area contributed by atoms with E-state index in [0.29, 0.717) is 24.7 Å². The molecule has 3 amide bonds. The monoisotopic (exact) mass is 466 g/mol. The van der Waals surface area contributed by atoms with Crippen molar-refractivity contribution in [2.75, 3.05) is 45.2 Å². The van der Waals surface area contributed by atoms with E-state index in [1.165, 1.54) is 5.56 Å². The van der Waals surface area contributed by atoms with Gasteiger partial charge >= 0.3 is 12.1 Å². The topological polar surface area (TPSA) is 56.3 Å². The molecular weight excluding hydrogens is 428 g/mol. The van der Waals surface area contributed by atoms with Gasteiger partial charge in [-0.3, -0.25) is 4.90 Å². The second-order valence-electron chi connectivity index (χ2n) is 10.7. The van der Waals surface area contributed by atoms with Crippen molar-refractivity contribution in [3.05, 3.63) is 42.0 Å². The van der Waals surface area contributed by atoms with Gasteiger partial charge in [-0.25, -0.2) is 9.59 Å². The molecule has 2 unspecified atom stereocenters. The first-order valence-corrected chi connectivity index (χ1v) is 12.8. The molecule has 0 aromatic heterocycles. The maximum atomic E-state index is 12.9. The van der Waals surface area contributed by atoms with Crippen LogP contribution in [-0.4, -0.2) is 85.3 Å². The number of piperidine rings is 2. The number of para-hydroxylation sites is 1. The zero-order valence-corrected chi connectivity index (χ0v) is 20.8. The number of rotatable bonds is 3. The summed E-state index contributed by atoms with van der Waals surface area (Å²) >= 11 is 0. The number of allylic oxidation sites excluding steroid dienone is 1. The Morgan fingerprint density at radius 3 is 2.41 bits per heavy atom. The number of benzene rings is 1. The second-order valence-corrected chi connectivity index (χ2v) is 10.7. The van der Waals surface area contributed by atoms with Gasteiger partial charge in [0.25, 0.3) is 0 Å². The summed E-state index contributed by atoms with van der Waals surface area (Å²) in [5.74, 6) is 0. The molecule has 3 saturated heterocycles. The van der Waals surface area contributed by atoms with Crippen LogP contribution in [0.15, 0.2) is 36.4 Å². The highest BCUT2D eigenvalue weighted by Crippen LogP contribution is 2.48. The summed E-state index contributed by atoms with van der Waals surface area (Å²) in [6, 6.07) is 9.68. The van der Waals surface area contributed by atoms with Crippen LogP contribution in [-0.2, 0) is 10.2 Å². The van der Waals surface area contributed by atoms with Gasteiger partial charge in [0.05, 0.1) is 0 Å². The van der Waals surface area contributed by atoms with Gasteiger partial charge in [0.1, 0.15) is 6.61 Å². The molecule has 4 aliphatic rings. The van der Waals surface area contributed by atoms with Crippen molar-refractivity contribution in [3.8, 4) is 0 Å². The van der Waals surface area contributed by atoms with Crippen molar-refractivity contribution in [1.29, 1.82) is 0 Å². The molecule has 1 aromatic rings. The molecule has 4 aliphatic heterocycles. The summed E-state index contributed by atoms with van der Waals surface area (Å²) in [5, 5.41) is 0. The van der Waals surface area contributed by atoms with Crippen LogP contribution in [0, 0.1) is 0 Å². The number of fused-ring (bicyclic) bond motifs is 4. The first kappa shape index (κ1) is 23.2. The summed E-state index contributed by atoms with van der Waals surface area (Å²) in [6.07, 6.45) is 10.1. The Balaban J connectivity index is 1.24. The van der Waals surface area contributed by atoms with Crippen LogP contribution in [0.25, 0.3) is 0 Å². The molecular formula is C27H38N4O3. The molecule has 184 valence electrons. The van der Waals surface area contributed by atoms with Crippen LogP contribution in [0.2, 0.25) is 0 Å². The predicted octanol–water partition coefficient (Wildman–Crippen LogP) is 4.23. The fraction of sp³-hybridized carbons (Fsp3) is 0.630. The van der Waals surface area contributed by atoms with E-state index in [1.54, 1.807) is 4.90 Å². The zero-order valence-electron chi connectivity index (χ0n) is 20.8. The third-order valence-corrected chi connectivity index (χ3v) is 8.57. The maximum absolute atomic E-state index is 12.9. The van der Waals surface area contributed by atoms with E-state index in [1.807, 2.05) is 49.0 Å². The fourth-order valence-electron chi connectivity index (χ4n) is 6.82. The molecule has 3 fully saturated rings. The average molecular weight is 467 g/mol. The van der Waals surface area contributed by atoms with Crippen molar-refractivity contribution in [3.63, 3.8) is 0 Å². The maximum Gasteiger partial charge on any atom is 0.410 e. The Bertz CT molecular complexity index is 939. The molecule has 2 bridgehead atoms. The van der Waals surface area contributed by atoms with E-state index in [2.05, 4.69) is 23.1 Å². The number of amides is 3. The number of carbonyl (C=O) groups is 2. The van der Waals surface area contributed by atoms with Crippen LogP contribution in [0.3, 0.4) is 0 Å². The van der Waals surface area contributed by atoms with Gasteiger partial charge < -0.3 is 19.4 Å². The minimum atomic E-state index is -0.144. The van der Waals surface area contributed by atoms with E-state index < -0.39 is 0 Å². The lowest BCUT2D eigenvalue weighted by molar-refractivity contribution is 0.0297. The first-order chi connectivity index (χ1) is 16.4. The Labute approximate surface area is 203 Å². The number of carbonyl (C=O) groups excluding carboxylic acids is 2. The van der Waals surface area contributed by atoms with E-state index >= 15 is 0 Å². The van der Waals surface area contributed by atoms with Crippen molar-refractivity contribution in [2.45, 2.75) is 69.0 Å². The van der Waals surface area contributed by atoms with E-state index in [0.717, 1.165) is 63.8 Å².